The summed E-state index contributed by atoms with van der Waals surface area (Å²) >= 11 is 0. The molecule has 1 fully saturated rings. The number of H-pyrrole nitrogens is 1. The van der Waals surface area contributed by atoms with Gasteiger partial charge in [0.25, 0.3) is 0 Å². The second-order valence-corrected chi connectivity index (χ2v) is 3.95. The van der Waals surface area contributed by atoms with Crippen molar-refractivity contribution in [1.82, 2.24) is 20.4 Å². The smallest absolute Gasteiger partial charge is 0.194 e. The summed E-state index contributed by atoms with van der Waals surface area (Å²) in [5, 5.41) is 10.2. The lowest BCUT2D eigenvalue weighted by atomic mass is 10.4. The van der Waals surface area contributed by atoms with Gasteiger partial charge in [0, 0.05) is 25.8 Å². The Hall–Kier alpha value is -0.790. The summed E-state index contributed by atoms with van der Waals surface area (Å²) in [6, 6.07) is 1.96. The van der Waals surface area contributed by atoms with E-state index < -0.39 is 0 Å². The molecule has 1 aliphatic heterocycles. The van der Waals surface area contributed by atoms with Crippen LogP contribution in [0.15, 0.2) is 17.3 Å². The SMILES string of the molecule is CCNC(=NCc1ccn[nH]1)N1CCCC1.I. The number of hydrogen-bond donors (Lipinski definition) is 2. The second-order valence-electron chi connectivity index (χ2n) is 3.95. The third-order valence-corrected chi connectivity index (χ3v) is 2.70. The van der Waals surface area contributed by atoms with Crippen LogP contribution in [-0.2, 0) is 6.54 Å². The Morgan fingerprint density at radius 3 is 2.88 bits per heavy atom. The van der Waals surface area contributed by atoms with Crippen LogP contribution in [0.2, 0.25) is 0 Å². The predicted octanol–water partition coefficient (Wildman–Crippen LogP) is 1.59. The molecule has 5 nitrogen and oxygen atoms in total. The van der Waals surface area contributed by atoms with Crippen molar-refractivity contribution in [3.8, 4) is 0 Å². The standard InChI is InChI=1S/C11H19N5.HI/c1-2-12-11(16-7-3-4-8-16)13-9-10-5-6-14-15-10;/h5-6H,2-4,7-9H2,1H3,(H,12,13)(H,14,15);1H. The molecule has 0 aliphatic carbocycles. The Kier molecular flexibility index (Phi) is 6.31. The van der Waals surface area contributed by atoms with Gasteiger partial charge in [-0.05, 0) is 25.8 Å². The number of halogens is 1. The summed E-state index contributed by atoms with van der Waals surface area (Å²) in [4.78, 5) is 6.92. The van der Waals surface area contributed by atoms with Gasteiger partial charge in [-0.2, -0.15) is 5.10 Å². The molecule has 0 bridgehead atoms. The van der Waals surface area contributed by atoms with E-state index in [1.807, 2.05) is 6.07 Å². The molecule has 2 N–H and O–H groups in total. The molecule has 0 amide bonds. The zero-order valence-corrected chi connectivity index (χ0v) is 12.5. The van der Waals surface area contributed by atoms with E-state index in [4.69, 9.17) is 0 Å². The summed E-state index contributed by atoms with van der Waals surface area (Å²) in [5.74, 6) is 1.02. The largest absolute Gasteiger partial charge is 0.357 e. The molecule has 1 aromatic heterocycles. The second kappa shape index (κ2) is 7.52. The highest BCUT2D eigenvalue weighted by Crippen LogP contribution is 2.08. The number of rotatable bonds is 3. The van der Waals surface area contributed by atoms with Crippen molar-refractivity contribution >= 4 is 29.9 Å². The van der Waals surface area contributed by atoms with Gasteiger partial charge >= 0.3 is 0 Å². The molecule has 0 radical (unpaired) electrons. The van der Waals surface area contributed by atoms with E-state index >= 15 is 0 Å². The van der Waals surface area contributed by atoms with Gasteiger partial charge < -0.3 is 10.2 Å². The summed E-state index contributed by atoms with van der Waals surface area (Å²) in [6.07, 6.45) is 4.30. The summed E-state index contributed by atoms with van der Waals surface area (Å²) in [7, 11) is 0. The van der Waals surface area contributed by atoms with Crippen LogP contribution in [0.3, 0.4) is 0 Å². The number of nitrogens with zero attached hydrogens (tertiary/aromatic N) is 3. The molecule has 17 heavy (non-hydrogen) atoms. The summed E-state index contributed by atoms with van der Waals surface area (Å²) in [6.45, 7) is 5.92. The normalized spacial score (nSPS) is 15.8. The minimum atomic E-state index is 0. The van der Waals surface area contributed by atoms with Crippen LogP contribution < -0.4 is 5.32 Å². The number of likely N-dealkylation sites (tertiary alicyclic amines) is 1. The zero-order valence-electron chi connectivity index (χ0n) is 10.1. The summed E-state index contributed by atoms with van der Waals surface area (Å²) in [5.41, 5.74) is 1.05. The molecule has 0 unspecified atom stereocenters. The van der Waals surface area contributed by atoms with E-state index in [-0.39, 0.29) is 24.0 Å². The van der Waals surface area contributed by atoms with Gasteiger partial charge in [-0.1, -0.05) is 0 Å². The van der Waals surface area contributed by atoms with Gasteiger partial charge in [0.2, 0.25) is 0 Å². The molecular weight excluding hydrogens is 329 g/mol. The van der Waals surface area contributed by atoms with E-state index in [1.54, 1.807) is 6.20 Å². The van der Waals surface area contributed by atoms with Gasteiger partial charge in [-0.15, -0.1) is 24.0 Å². The van der Waals surface area contributed by atoms with Crippen LogP contribution in [0.1, 0.15) is 25.5 Å². The first kappa shape index (κ1) is 14.3. The fourth-order valence-electron chi connectivity index (χ4n) is 1.89. The first-order valence-corrected chi connectivity index (χ1v) is 5.91. The Bertz CT molecular complexity index is 330. The quantitative estimate of drug-likeness (QED) is 0.495. The zero-order chi connectivity index (χ0) is 11.2. The monoisotopic (exact) mass is 349 g/mol. The van der Waals surface area contributed by atoms with Gasteiger partial charge in [0.05, 0.1) is 12.2 Å². The molecule has 1 saturated heterocycles. The average molecular weight is 349 g/mol. The van der Waals surface area contributed by atoms with E-state index in [2.05, 4.69) is 32.3 Å². The summed E-state index contributed by atoms with van der Waals surface area (Å²) < 4.78 is 0. The average Bonchev–Trinajstić information content (AvgIpc) is 2.96. The maximum Gasteiger partial charge on any atom is 0.194 e. The number of guanidine groups is 1. The Morgan fingerprint density at radius 1 is 1.53 bits per heavy atom. The molecule has 2 rings (SSSR count). The Morgan fingerprint density at radius 2 is 2.29 bits per heavy atom. The minimum absolute atomic E-state index is 0. The van der Waals surface area contributed by atoms with Crippen molar-refractivity contribution in [2.75, 3.05) is 19.6 Å². The molecule has 2 heterocycles. The van der Waals surface area contributed by atoms with Crippen LogP contribution in [0.4, 0.5) is 0 Å². The van der Waals surface area contributed by atoms with Crippen molar-refractivity contribution in [1.29, 1.82) is 0 Å². The van der Waals surface area contributed by atoms with Crippen molar-refractivity contribution in [3.05, 3.63) is 18.0 Å². The van der Waals surface area contributed by atoms with Crippen molar-refractivity contribution in [2.24, 2.45) is 4.99 Å². The first-order valence-electron chi connectivity index (χ1n) is 5.91. The molecule has 1 aromatic rings. The highest BCUT2D eigenvalue weighted by atomic mass is 127. The number of aliphatic imine (C=N–C) groups is 1. The molecule has 6 heteroatoms. The van der Waals surface area contributed by atoms with Crippen LogP contribution in [0.25, 0.3) is 0 Å². The third-order valence-electron chi connectivity index (χ3n) is 2.70. The topological polar surface area (TPSA) is 56.3 Å². The predicted molar refractivity (Wildman–Crippen MR) is 79.6 cm³/mol. The van der Waals surface area contributed by atoms with Crippen LogP contribution in [0.5, 0.6) is 0 Å². The highest BCUT2D eigenvalue weighted by molar-refractivity contribution is 14.0. The van der Waals surface area contributed by atoms with Crippen molar-refractivity contribution in [3.63, 3.8) is 0 Å². The highest BCUT2D eigenvalue weighted by Gasteiger charge is 2.15. The fourth-order valence-corrected chi connectivity index (χ4v) is 1.89. The maximum atomic E-state index is 4.60. The Balaban J connectivity index is 0.00000144. The van der Waals surface area contributed by atoms with Crippen molar-refractivity contribution < 1.29 is 0 Å². The molecule has 0 spiro atoms. The van der Waals surface area contributed by atoms with Crippen LogP contribution in [0, 0.1) is 0 Å². The number of aromatic nitrogens is 2. The number of aromatic amines is 1. The van der Waals surface area contributed by atoms with E-state index in [1.165, 1.54) is 12.8 Å². The minimum Gasteiger partial charge on any atom is -0.357 e. The molecule has 0 saturated carbocycles. The molecule has 96 valence electrons. The first-order chi connectivity index (χ1) is 7.90. The van der Waals surface area contributed by atoms with Gasteiger partial charge in [-0.25, -0.2) is 4.99 Å². The van der Waals surface area contributed by atoms with Gasteiger partial charge in [-0.3, -0.25) is 5.10 Å². The van der Waals surface area contributed by atoms with Crippen molar-refractivity contribution in [2.45, 2.75) is 26.3 Å². The molecule has 1 aliphatic rings. The van der Waals surface area contributed by atoms with Crippen LogP contribution >= 0.6 is 24.0 Å². The van der Waals surface area contributed by atoms with E-state index in [0.717, 1.165) is 31.3 Å². The molecule has 0 aromatic carbocycles. The number of hydrogen-bond acceptors (Lipinski definition) is 2. The maximum absolute atomic E-state index is 4.60. The number of nitrogens with one attached hydrogen (secondary N) is 2. The Labute approximate surface area is 119 Å². The van der Waals surface area contributed by atoms with E-state index in [9.17, 15) is 0 Å². The van der Waals surface area contributed by atoms with Crippen LogP contribution in [-0.4, -0.2) is 40.7 Å². The van der Waals surface area contributed by atoms with Gasteiger partial charge in [0.15, 0.2) is 5.96 Å². The lowest BCUT2D eigenvalue weighted by Gasteiger charge is -2.20. The lowest BCUT2D eigenvalue weighted by molar-refractivity contribution is 0.493. The van der Waals surface area contributed by atoms with E-state index in [0.29, 0.717) is 6.54 Å². The molecule has 0 atom stereocenters. The molecular formula is C11H20IN5. The lowest BCUT2D eigenvalue weighted by Crippen LogP contribution is -2.39. The third kappa shape index (κ3) is 4.18. The fraction of sp³-hybridized carbons (Fsp3) is 0.636. The van der Waals surface area contributed by atoms with Gasteiger partial charge in [0.1, 0.15) is 0 Å².